The van der Waals surface area contributed by atoms with Gasteiger partial charge in [0, 0.05) is 16.7 Å². The molecule has 0 amide bonds. The molecular weight excluding hydrogens is 655 g/mol. The fourth-order valence-corrected chi connectivity index (χ4v) is 7.16. The van der Waals surface area contributed by atoms with E-state index in [1.54, 1.807) is 0 Å². The largest absolute Gasteiger partial charge is 0.228 e. The van der Waals surface area contributed by atoms with E-state index in [4.69, 9.17) is 9.97 Å². The van der Waals surface area contributed by atoms with Gasteiger partial charge in [-0.25, -0.2) is 9.97 Å². The minimum absolute atomic E-state index is 0.662. The minimum Gasteiger partial charge on any atom is -0.228 e. The second-order valence-electron chi connectivity index (χ2n) is 13.3. The molecule has 252 valence electrons. The summed E-state index contributed by atoms with van der Waals surface area (Å²) in [7, 11) is 0. The van der Waals surface area contributed by atoms with Crippen molar-refractivity contribution >= 4 is 10.8 Å². The third-order valence-electron chi connectivity index (χ3n) is 9.98. The van der Waals surface area contributed by atoms with Crippen molar-refractivity contribution in [3.8, 4) is 84.5 Å². The number of hydrogen-bond acceptors (Lipinski definition) is 3. The average Bonchev–Trinajstić information content (AvgIpc) is 3.26. The van der Waals surface area contributed by atoms with Crippen LogP contribution in [0.15, 0.2) is 200 Å². The fraction of sp³-hybridized carbons (Fsp3) is 0. The zero-order chi connectivity index (χ0) is 36.3. The van der Waals surface area contributed by atoms with Gasteiger partial charge >= 0.3 is 0 Å². The van der Waals surface area contributed by atoms with Crippen molar-refractivity contribution in [2.75, 3.05) is 0 Å². The highest BCUT2D eigenvalue weighted by atomic mass is 14.9. The molecule has 0 aliphatic heterocycles. The Balaban J connectivity index is 1.05. The number of nitriles is 1. The van der Waals surface area contributed by atoms with Crippen LogP contribution in [0.5, 0.6) is 0 Å². The fourth-order valence-electron chi connectivity index (χ4n) is 7.16. The number of fused-ring (bicyclic) bond motifs is 1. The summed E-state index contributed by atoms with van der Waals surface area (Å²) in [6, 6.07) is 71.7. The lowest BCUT2D eigenvalue weighted by Crippen LogP contribution is -1.96. The maximum absolute atomic E-state index is 9.35. The van der Waals surface area contributed by atoms with E-state index in [0.29, 0.717) is 11.4 Å². The van der Waals surface area contributed by atoms with Crippen LogP contribution >= 0.6 is 0 Å². The molecule has 54 heavy (non-hydrogen) atoms. The van der Waals surface area contributed by atoms with Gasteiger partial charge in [-0.3, -0.25) is 0 Å². The maximum Gasteiger partial charge on any atom is 0.160 e. The van der Waals surface area contributed by atoms with Crippen molar-refractivity contribution < 1.29 is 0 Å². The van der Waals surface area contributed by atoms with Crippen molar-refractivity contribution in [1.82, 2.24) is 9.97 Å². The quantitative estimate of drug-likeness (QED) is 0.168. The number of rotatable bonds is 7. The molecule has 0 saturated carbocycles. The van der Waals surface area contributed by atoms with Crippen molar-refractivity contribution in [1.29, 1.82) is 5.26 Å². The maximum atomic E-state index is 9.35. The van der Waals surface area contributed by atoms with E-state index in [1.807, 2.05) is 48.5 Å². The van der Waals surface area contributed by atoms with Crippen LogP contribution in [-0.2, 0) is 0 Å². The Morgan fingerprint density at radius 3 is 1.24 bits per heavy atom. The molecule has 3 nitrogen and oxygen atoms in total. The van der Waals surface area contributed by atoms with Crippen molar-refractivity contribution in [2.24, 2.45) is 0 Å². The van der Waals surface area contributed by atoms with E-state index in [1.165, 1.54) is 33.0 Å². The Morgan fingerprint density at radius 1 is 0.315 bits per heavy atom. The van der Waals surface area contributed by atoms with Gasteiger partial charge in [0.1, 0.15) is 0 Å². The Kier molecular flexibility index (Phi) is 8.61. The first-order valence-corrected chi connectivity index (χ1v) is 18.0. The molecule has 8 aromatic carbocycles. The number of benzene rings is 8. The summed E-state index contributed by atoms with van der Waals surface area (Å²) in [6.45, 7) is 0. The Hall–Kier alpha value is -7.41. The zero-order valence-electron chi connectivity index (χ0n) is 29.4. The van der Waals surface area contributed by atoms with Gasteiger partial charge in [0.05, 0.1) is 23.0 Å². The first-order chi connectivity index (χ1) is 26.7. The van der Waals surface area contributed by atoms with E-state index >= 15 is 0 Å². The summed E-state index contributed by atoms with van der Waals surface area (Å²) in [6.07, 6.45) is 0. The molecule has 0 spiro atoms. The molecule has 1 heterocycles. The topological polar surface area (TPSA) is 49.6 Å². The molecule has 0 unspecified atom stereocenters. The molecule has 9 rings (SSSR count). The molecule has 0 radical (unpaired) electrons. The second-order valence-corrected chi connectivity index (χ2v) is 13.3. The van der Waals surface area contributed by atoms with Crippen molar-refractivity contribution in [2.45, 2.75) is 0 Å². The molecule has 0 aliphatic rings. The van der Waals surface area contributed by atoms with Gasteiger partial charge in [0.2, 0.25) is 0 Å². The van der Waals surface area contributed by atoms with E-state index in [2.05, 4.69) is 158 Å². The van der Waals surface area contributed by atoms with E-state index in [0.717, 1.165) is 50.3 Å². The third kappa shape index (κ3) is 6.45. The Labute approximate surface area is 315 Å². The van der Waals surface area contributed by atoms with E-state index < -0.39 is 0 Å². The SMILES string of the molecule is N#Cc1cccc(-c2ccc(-c3ccc(-c4ccc(-c5cc(-c6ccc(-c7ccccc7)cc6)nc(-c6ccccc6)n5)cc4)c4ccccc34)cc2)c1. The Morgan fingerprint density at radius 2 is 0.722 bits per heavy atom. The predicted octanol–water partition coefficient (Wildman–Crippen LogP) is 13.2. The Bertz CT molecular complexity index is 2780. The van der Waals surface area contributed by atoms with Gasteiger partial charge in [0.25, 0.3) is 0 Å². The van der Waals surface area contributed by atoms with Crippen molar-refractivity contribution in [3.05, 3.63) is 206 Å². The molecule has 0 saturated heterocycles. The van der Waals surface area contributed by atoms with E-state index in [9.17, 15) is 5.26 Å². The third-order valence-corrected chi connectivity index (χ3v) is 9.98. The van der Waals surface area contributed by atoms with Gasteiger partial charge in [0.15, 0.2) is 5.82 Å². The van der Waals surface area contributed by atoms with Crippen LogP contribution in [0.1, 0.15) is 5.56 Å². The normalized spacial score (nSPS) is 10.9. The molecule has 0 aliphatic carbocycles. The predicted molar refractivity (Wildman–Crippen MR) is 222 cm³/mol. The average molecular weight is 688 g/mol. The molecule has 0 N–H and O–H groups in total. The van der Waals surface area contributed by atoms with Gasteiger partial charge in [-0.15, -0.1) is 0 Å². The van der Waals surface area contributed by atoms with Crippen molar-refractivity contribution in [3.63, 3.8) is 0 Å². The summed E-state index contributed by atoms with van der Waals surface area (Å²) in [5.41, 5.74) is 14.6. The molecule has 3 heteroatoms. The first-order valence-electron chi connectivity index (χ1n) is 18.0. The molecule has 9 aromatic rings. The number of aromatic nitrogens is 2. The highest BCUT2D eigenvalue weighted by molar-refractivity contribution is 6.05. The van der Waals surface area contributed by atoms with E-state index in [-0.39, 0.29) is 0 Å². The smallest absolute Gasteiger partial charge is 0.160 e. The number of nitrogens with zero attached hydrogens (tertiary/aromatic N) is 3. The van der Waals surface area contributed by atoms with Crippen LogP contribution in [0.2, 0.25) is 0 Å². The van der Waals surface area contributed by atoms with Crippen LogP contribution in [0.4, 0.5) is 0 Å². The summed E-state index contributed by atoms with van der Waals surface area (Å²) in [5.74, 6) is 0.699. The van der Waals surface area contributed by atoms with Crippen LogP contribution in [0, 0.1) is 11.3 Å². The number of hydrogen-bond donors (Lipinski definition) is 0. The molecule has 0 bridgehead atoms. The summed E-state index contributed by atoms with van der Waals surface area (Å²) >= 11 is 0. The molecule has 0 fully saturated rings. The van der Waals surface area contributed by atoms with Crippen LogP contribution in [0.25, 0.3) is 89.2 Å². The monoisotopic (exact) mass is 687 g/mol. The summed E-state index contributed by atoms with van der Waals surface area (Å²) in [5, 5.41) is 11.7. The lowest BCUT2D eigenvalue weighted by atomic mass is 9.91. The minimum atomic E-state index is 0.662. The lowest BCUT2D eigenvalue weighted by Gasteiger charge is -2.14. The van der Waals surface area contributed by atoms with Crippen LogP contribution in [0.3, 0.4) is 0 Å². The summed E-state index contributed by atoms with van der Waals surface area (Å²) in [4.78, 5) is 10.1. The summed E-state index contributed by atoms with van der Waals surface area (Å²) < 4.78 is 0. The molecule has 0 atom stereocenters. The molecule has 1 aromatic heterocycles. The molecular formula is C51H33N3. The lowest BCUT2D eigenvalue weighted by molar-refractivity contribution is 1.18. The highest BCUT2D eigenvalue weighted by Gasteiger charge is 2.14. The zero-order valence-corrected chi connectivity index (χ0v) is 29.4. The second kappa shape index (κ2) is 14.3. The van der Waals surface area contributed by atoms with Gasteiger partial charge in [-0.1, -0.05) is 182 Å². The highest BCUT2D eigenvalue weighted by Crippen LogP contribution is 2.37. The first kappa shape index (κ1) is 32.5. The van der Waals surface area contributed by atoms with Gasteiger partial charge in [-0.05, 0) is 73.5 Å². The van der Waals surface area contributed by atoms with Gasteiger partial charge < -0.3 is 0 Å². The van der Waals surface area contributed by atoms with Gasteiger partial charge in [-0.2, -0.15) is 5.26 Å². The van der Waals surface area contributed by atoms with Crippen LogP contribution in [-0.4, -0.2) is 9.97 Å². The standard InChI is InChI=1S/C51H33N3/c52-34-35-10-9-15-44(32-35)38-18-22-39(23-19-38)45-30-31-46(48-17-8-7-16-47(45)48)40-24-28-42(29-25-40)50-33-49(53-51(54-50)43-13-5-2-6-14-43)41-26-20-37(21-27-41)36-11-3-1-4-12-36/h1-33H. The van der Waals surface area contributed by atoms with Crippen LogP contribution < -0.4 is 0 Å².